The van der Waals surface area contributed by atoms with Crippen LogP contribution in [0.25, 0.3) is 0 Å². The van der Waals surface area contributed by atoms with Crippen molar-refractivity contribution in [3.8, 4) is 0 Å². The Labute approximate surface area is 97.0 Å². The monoisotopic (exact) mass is 338 g/mol. The molecule has 0 aliphatic heterocycles. The van der Waals surface area contributed by atoms with Crippen LogP contribution in [0.3, 0.4) is 0 Å². The fourth-order valence-electron chi connectivity index (χ4n) is 1.25. The molecular weight excluding hydrogens is 331 g/mol. The average molecular weight is 338 g/mol. The van der Waals surface area contributed by atoms with Gasteiger partial charge in [0.1, 0.15) is 3.57 Å². The van der Waals surface area contributed by atoms with Crippen LogP contribution in [-0.4, -0.2) is 22.2 Å². The molecule has 0 spiro atoms. The molecule has 0 amide bonds. The van der Waals surface area contributed by atoms with Crippen molar-refractivity contribution in [2.24, 2.45) is 0 Å². The van der Waals surface area contributed by atoms with Gasteiger partial charge in [0.25, 0.3) is 0 Å². The van der Waals surface area contributed by atoms with Crippen molar-refractivity contribution in [1.82, 2.24) is 0 Å². The lowest BCUT2D eigenvalue weighted by Gasteiger charge is -2.04. The van der Waals surface area contributed by atoms with Crippen LogP contribution in [-0.2, 0) is 6.14 Å². The van der Waals surface area contributed by atoms with Gasteiger partial charge in [0.2, 0.25) is 0 Å². The fraction of sp³-hybridized carbons (Fsp3) is 0.111. The molecule has 0 aliphatic rings. The van der Waals surface area contributed by atoms with Crippen LogP contribution < -0.4 is 0 Å². The molecule has 0 radical (unpaired) electrons. The van der Waals surface area contributed by atoms with Crippen LogP contribution in [0.4, 0.5) is 0 Å². The molecule has 0 bridgehead atoms. The molecule has 0 heterocycles. The summed E-state index contributed by atoms with van der Waals surface area (Å²) in [5.74, 6) is -2.90. The predicted octanol–water partition coefficient (Wildman–Crippen LogP) is 1.76. The topological polar surface area (TPSA) is 109 Å². The summed E-state index contributed by atoms with van der Waals surface area (Å²) in [6.07, 6.45) is 0. The van der Waals surface area contributed by atoms with Crippen LogP contribution in [0.1, 0.15) is 26.3 Å². The van der Waals surface area contributed by atoms with Crippen LogP contribution in [0, 0.1) is 10.5 Å². The van der Waals surface area contributed by atoms with E-state index < -0.39 is 46.4 Å². The van der Waals surface area contributed by atoms with Crippen molar-refractivity contribution in [2.45, 2.75) is 6.92 Å². The second kappa shape index (κ2) is 4.56. The van der Waals surface area contributed by atoms with Gasteiger partial charge in [0.15, 0.2) is 0 Å². The Morgan fingerprint density at radius 3 is 1.69 bits per heavy atom. The highest BCUT2D eigenvalue weighted by Gasteiger charge is 2.22. The van der Waals surface area contributed by atoms with Crippen LogP contribution in [0.2, 0.25) is 0 Å². The van der Waals surface area contributed by atoms with E-state index in [0.717, 1.165) is 12.1 Å². The Balaban J connectivity index is 3.74. The number of aromatic carboxylic acids is 2. The number of aryl methyl sites for hydroxylation is 1. The molecule has 0 fully saturated rings. The lowest BCUT2D eigenvalue weighted by atomic mass is 10.1. The normalized spacial score (nSPS) is 10.4. The summed E-state index contributed by atoms with van der Waals surface area (Å²) in [4.78, 5) is 21.6. The molecular formula is C9H7IO6. The minimum Gasteiger partial charge on any atom is -0.478 e. The first kappa shape index (κ1) is 12.6. The maximum Gasteiger partial charge on any atom is 0.342 e. The van der Waals surface area contributed by atoms with Gasteiger partial charge >= 0.3 is 31.7 Å². The van der Waals surface area contributed by atoms with Gasteiger partial charge in [0.05, 0.1) is 11.1 Å². The van der Waals surface area contributed by atoms with Crippen LogP contribution >= 0.6 is 19.8 Å². The van der Waals surface area contributed by atoms with Gasteiger partial charge in [-0.25, -0.2) is 15.7 Å². The number of rotatable bonds is 3. The number of halogens is 1. The number of hydrogen-bond donors (Lipinski definition) is 2. The second-order valence-electron chi connectivity index (χ2n) is 3.00. The molecule has 0 aromatic heterocycles. The first-order valence-electron chi connectivity index (χ1n) is 4.01. The minimum atomic E-state index is -4.18. The summed E-state index contributed by atoms with van der Waals surface area (Å²) in [6, 6.07) is 2.29. The molecule has 86 valence electrons. The van der Waals surface area contributed by atoms with Crippen molar-refractivity contribution >= 4 is 31.7 Å². The molecule has 0 atom stereocenters. The molecule has 0 saturated heterocycles. The highest BCUT2D eigenvalue weighted by molar-refractivity contribution is 14.2. The molecule has 7 heteroatoms. The summed E-state index contributed by atoms with van der Waals surface area (Å²) in [7, 11) is 0. The lowest BCUT2D eigenvalue weighted by Crippen LogP contribution is -2.08. The molecule has 0 saturated carbocycles. The molecule has 1 aromatic carbocycles. The molecule has 6 nitrogen and oxygen atoms in total. The van der Waals surface area contributed by atoms with E-state index >= 15 is 0 Å². The molecule has 1 aromatic rings. The Kier molecular flexibility index (Phi) is 3.58. The summed E-state index contributed by atoms with van der Waals surface area (Å²) in [6.45, 7) is 1.50. The van der Waals surface area contributed by atoms with Crippen LogP contribution in [0.15, 0.2) is 12.1 Å². The number of carboxylic acid groups (broad SMARTS) is 2. The van der Waals surface area contributed by atoms with E-state index in [1.807, 2.05) is 0 Å². The van der Waals surface area contributed by atoms with Gasteiger partial charge < -0.3 is 10.2 Å². The van der Waals surface area contributed by atoms with Crippen molar-refractivity contribution in [3.63, 3.8) is 0 Å². The van der Waals surface area contributed by atoms with Gasteiger partial charge in [-0.3, -0.25) is 0 Å². The van der Waals surface area contributed by atoms with Crippen molar-refractivity contribution in [1.29, 1.82) is 0 Å². The zero-order chi connectivity index (χ0) is 12.5. The quantitative estimate of drug-likeness (QED) is 0.813. The first-order chi connectivity index (χ1) is 7.34. The number of hydrogen-bond acceptors (Lipinski definition) is 4. The lowest BCUT2D eigenvalue weighted by molar-refractivity contribution is 0.0695. The maximum atomic E-state index is 11.0. The molecule has 1 rings (SSSR count). The average Bonchev–Trinajstić information content (AvgIpc) is 2.15. The number of benzene rings is 1. The zero-order valence-electron chi connectivity index (χ0n) is 8.06. The SMILES string of the molecule is Cc1cc(C(=O)O)c(I(=O)=O)c(C(=O)O)c1. The van der Waals surface area contributed by atoms with Gasteiger partial charge in [0, 0.05) is 0 Å². The third kappa shape index (κ3) is 2.35. The summed E-state index contributed by atoms with van der Waals surface area (Å²) >= 11 is -4.18. The van der Waals surface area contributed by atoms with Gasteiger partial charge in [-0.1, -0.05) is 0 Å². The van der Waals surface area contributed by atoms with Crippen molar-refractivity contribution in [2.75, 3.05) is 0 Å². The Bertz CT molecular complexity index is 500. The smallest absolute Gasteiger partial charge is 0.342 e. The Hall–Kier alpha value is -1.51. The van der Waals surface area contributed by atoms with Gasteiger partial charge in [-0.15, -0.1) is 0 Å². The highest BCUT2D eigenvalue weighted by Crippen LogP contribution is 2.27. The summed E-state index contributed by atoms with van der Waals surface area (Å²) < 4.78 is 21.4. The van der Waals surface area contributed by atoms with E-state index in [0.29, 0.717) is 5.56 Å². The maximum absolute atomic E-state index is 11.0. The van der Waals surface area contributed by atoms with Crippen molar-refractivity contribution < 1.29 is 25.9 Å². The number of carbonyl (C=O) groups is 2. The van der Waals surface area contributed by atoms with E-state index in [1.165, 1.54) is 6.92 Å². The van der Waals surface area contributed by atoms with E-state index in [9.17, 15) is 15.7 Å². The largest absolute Gasteiger partial charge is 0.478 e. The fourth-order valence-corrected chi connectivity index (χ4v) is 2.97. The Morgan fingerprint density at radius 1 is 1.06 bits per heavy atom. The van der Waals surface area contributed by atoms with E-state index in [4.69, 9.17) is 10.2 Å². The zero-order valence-corrected chi connectivity index (χ0v) is 10.2. The molecule has 2 N–H and O–H groups in total. The highest BCUT2D eigenvalue weighted by atomic mass is 127. The predicted molar refractivity (Wildman–Crippen MR) is 59.2 cm³/mol. The number of carboxylic acids is 2. The van der Waals surface area contributed by atoms with Crippen LogP contribution in [0.5, 0.6) is 0 Å². The standard InChI is InChI=1S/C9H7IO6/c1-4-2-5(8(11)12)7(10(15)16)6(3-4)9(13)14/h2-3H,1H3,(H,11,12)(H,13,14). The van der Waals surface area contributed by atoms with E-state index in [2.05, 4.69) is 0 Å². The third-order valence-corrected chi connectivity index (χ3v) is 3.88. The molecule has 0 unspecified atom stereocenters. The minimum absolute atomic E-state index is 0.385. The molecule has 16 heavy (non-hydrogen) atoms. The van der Waals surface area contributed by atoms with E-state index in [1.54, 1.807) is 0 Å². The van der Waals surface area contributed by atoms with Crippen molar-refractivity contribution in [3.05, 3.63) is 32.4 Å². The van der Waals surface area contributed by atoms with E-state index in [-0.39, 0.29) is 0 Å². The summed E-state index contributed by atoms with van der Waals surface area (Å²) in [5, 5.41) is 17.6. The van der Waals surface area contributed by atoms with Gasteiger partial charge in [-0.05, 0) is 24.6 Å². The third-order valence-electron chi connectivity index (χ3n) is 1.83. The van der Waals surface area contributed by atoms with Gasteiger partial charge in [-0.2, -0.15) is 0 Å². The first-order valence-corrected chi connectivity index (χ1v) is 6.85. The Morgan fingerprint density at radius 2 is 1.44 bits per heavy atom. The molecule has 0 aliphatic carbocycles. The summed E-state index contributed by atoms with van der Waals surface area (Å²) in [5.41, 5.74) is -0.573. The second-order valence-corrected chi connectivity index (χ2v) is 5.32.